The molecule has 194 valence electrons. The third-order valence-corrected chi connectivity index (χ3v) is 7.99. The molecule has 4 rings (SSSR count). The van der Waals surface area contributed by atoms with Crippen LogP contribution in [-0.4, -0.2) is 79.0 Å². The molecule has 6 nitrogen and oxygen atoms in total. The Balaban J connectivity index is 1.38. The zero-order valence-electron chi connectivity index (χ0n) is 20.6. The predicted octanol–water partition coefficient (Wildman–Crippen LogP) is 5.26. The first-order valence-electron chi connectivity index (χ1n) is 12.5. The zero-order chi connectivity index (χ0) is 25.7. The van der Waals surface area contributed by atoms with Crippen LogP contribution < -0.4 is 5.32 Å². The highest BCUT2D eigenvalue weighted by Gasteiger charge is 2.30. The summed E-state index contributed by atoms with van der Waals surface area (Å²) in [6.07, 6.45) is 3.77. The van der Waals surface area contributed by atoms with Gasteiger partial charge in [0, 0.05) is 57.3 Å². The van der Waals surface area contributed by atoms with E-state index in [1.807, 2.05) is 17.0 Å². The molecule has 1 unspecified atom stereocenters. The number of hydrogen-bond donors (Lipinski definition) is 1. The van der Waals surface area contributed by atoms with Crippen LogP contribution in [0.3, 0.4) is 0 Å². The first-order chi connectivity index (χ1) is 17.3. The van der Waals surface area contributed by atoms with Gasteiger partial charge in [-0.15, -0.1) is 0 Å². The first-order valence-corrected chi connectivity index (χ1v) is 13.3. The lowest BCUT2D eigenvalue weighted by molar-refractivity contribution is 0.0778. The number of amides is 3. The number of likely N-dealkylation sites (N-methyl/N-ethyl adjacent to an activating group) is 1. The molecule has 0 radical (unpaired) electrons. The molecule has 2 aliphatic rings. The maximum Gasteiger partial charge on any atom is 0.317 e. The molecule has 2 aromatic carbocycles. The quantitative estimate of drug-likeness (QED) is 0.502. The predicted molar refractivity (Wildman–Crippen MR) is 141 cm³/mol. The summed E-state index contributed by atoms with van der Waals surface area (Å²) < 4.78 is 13.3. The molecule has 1 atom stereocenters. The Morgan fingerprint density at radius 2 is 1.83 bits per heavy atom. The molecule has 1 N–H and O–H groups in total. The molecule has 36 heavy (non-hydrogen) atoms. The fourth-order valence-electron chi connectivity index (χ4n) is 5.15. The minimum absolute atomic E-state index is 0.0553. The molecular formula is C27H33Cl2FN4O2. The minimum atomic E-state index is -0.368. The summed E-state index contributed by atoms with van der Waals surface area (Å²) in [7, 11) is 1.77. The fraction of sp³-hybridized carbons (Fsp3) is 0.481. The number of benzene rings is 2. The molecular weight excluding hydrogens is 502 g/mol. The van der Waals surface area contributed by atoms with Crippen LogP contribution in [0.2, 0.25) is 10.0 Å². The summed E-state index contributed by atoms with van der Waals surface area (Å²) in [5, 5.41) is 3.94. The van der Waals surface area contributed by atoms with Gasteiger partial charge in [-0.2, -0.15) is 0 Å². The van der Waals surface area contributed by atoms with Crippen LogP contribution in [-0.2, 0) is 0 Å². The van der Waals surface area contributed by atoms with E-state index in [9.17, 15) is 14.0 Å². The molecule has 0 saturated carbocycles. The van der Waals surface area contributed by atoms with Gasteiger partial charge in [-0.1, -0.05) is 29.3 Å². The zero-order valence-corrected chi connectivity index (χ0v) is 22.1. The number of urea groups is 1. The molecule has 0 bridgehead atoms. The summed E-state index contributed by atoms with van der Waals surface area (Å²) >= 11 is 12.5. The number of rotatable bonds is 8. The number of carbonyl (C=O) groups excluding carboxylic acids is 2. The summed E-state index contributed by atoms with van der Waals surface area (Å²) in [4.78, 5) is 31.3. The van der Waals surface area contributed by atoms with Gasteiger partial charge in [-0.25, -0.2) is 9.18 Å². The summed E-state index contributed by atoms with van der Waals surface area (Å²) in [6, 6.07) is 11.6. The van der Waals surface area contributed by atoms with E-state index in [2.05, 4.69) is 10.2 Å². The lowest BCUT2D eigenvalue weighted by Gasteiger charge is -2.40. The van der Waals surface area contributed by atoms with Gasteiger partial charge in [0.25, 0.3) is 5.91 Å². The molecule has 9 heteroatoms. The third-order valence-electron chi connectivity index (χ3n) is 7.25. The van der Waals surface area contributed by atoms with Crippen LogP contribution in [0.5, 0.6) is 0 Å². The number of carbonyl (C=O) groups is 2. The number of nitrogens with one attached hydrogen (secondary N) is 1. The van der Waals surface area contributed by atoms with Crippen molar-refractivity contribution in [3.05, 3.63) is 69.5 Å². The van der Waals surface area contributed by atoms with Gasteiger partial charge < -0.3 is 20.0 Å². The van der Waals surface area contributed by atoms with Crippen LogP contribution >= 0.6 is 23.2 Å². The molecule has 3 amide bonds. The van der Waals surface area contributed by atoms with Gasteiger partial charge in [0.05, 0.1) is 10.0 Å². The summed E-state index contributed by atoms with van der Waals surface area (Å²) in [6.45, 7) is 4.85. The fourth-order valence-corrected chi connectivity index (χ4v) is 5.45. The van der Waals surface area contributed by atoms with Crippen molar-refractivity contribution in [2.24, 2.45) is 0 Å². The Labute approximate surface area is 222 Å². The van der Waals surface area contributed by atoms with E-state index in [1.165, 1.54) is 24.3 Å². The van der Waals surface area contributed by atoms with Gasteiger partial charge in [0.15, 0.2) is 0 Å². The maximum absolute atomic E-state index is 13.3. The van der Waals surface area contributed by atoms with Crippen LogP contribution in [0.15, 0.2) is 42.5 Å². The number of halogens is 3. The van der Waals surface area contributed by atoms with Gasteiger partial charge in [0.1, 0.15) is 5.82 Å². The molecule has 0 aliphatic carbocycles. The average molecular weight is 535 g/mol. The Hall–Kier alpha value is -2.35. The highest BCUT2D eigenvalue weighted by Crippen LogP contribution is 2.30. The molecule has 2 aromatic rings. The Bertz CT molecular complexity index is 1060. The molecule has 0 aromatic heterocycles. The molecule has 2 fully saturated rings. The topological polar surface area (TPSA) is 55.9 Å². The highest BCUT2D eigenvalue weighted by molar-refractivity contribution is 6.42. The standard InChI is InChI=1S/C27H33Cl2FN4O2/c1-32(26(35)19-3-6-22(30)7-4-19)18-21(20-5-8-24(28)25(29)17-20)9-14-33-15-10-23(11-16-33)34-13-2-12-31-27(34)36/h3-8,17,21,23H,2,9-16,18H2,1H3,(H,31,36). The van der Waals surface area contributed by atoms with E-state index in [0.29, 0.717) is 28.2 Å². The monoisotopic (exact) mass is 534 g/mol. The summed E-state index contributed by atoms with van der Waals surface area (Å²) in [5.74, 6) is -0.465. The van der Waals surface area contributed by atoms with Gasteiger partial charge in [0.2, 0.25) is 0 Å². The van der Waals surface area contributed by atoms with Gasteiger partial charge in [-0.3, -0.25) is 4.79 Å². The normalized spacial score (nSPS) is 18.1. The summed E-state index contributed by atoms with van der Waals surface area (Å²) in [5.41, 5.74) is 1.48. The van der Waals surface area contributed by atoms with Crippen LogP contribution in [0.25, 0.3) is 0 Å². The molecule has 2 heterocycles. The van der Waals surface area contributed by atoms with Crippen molar-refractivity contribution in [1.29, 1.82) is 0 Å². The number of hydrogen-bond acceptors (Lipinski definition) is 3. The Morgan fingerprint density at radius 1 is 1.11 bits per heavy atom. The number of likely N-dealkylation sites (tertiary alicyclic amines) is 1. The lowest BCUT2D eigenvalue weighted by Crippen LogP contribution is -2.54. The molecule has 2 aliphatic heterocycles. The van der Waals surface area contributed by atoms with Gasteiger partial charge in [-0.05, 0) is 74.2 Å². The van der Waals surface area contributed by atoms with E-state index in [-0.39, 0.29) is 23.7 Å². The second-order valence-corrected chi connectivity index (χ2v) is 10.5. The Kier molecular flexibility index (Phi) is 9.09. The van der Waals surface area contributed by atoms with Gasteiger partial charge >= 0.3 is 6.03 Å². The van der Waals surface area contributed by atoms with Crippen molar-refractivity contribution in [2.75, 3.05) is 46.3 Å². The molecule has 0 spiro atoms. The lowest BCUT2D eigenvalue weighted by atomic mass is 9.93. The van der Waals surface area contributed by atoms with E-state index >= 15 is 0 Å². The van der Waals surface area contributed by atoms with Crippen molar-refractivity contribution in [3.8, 4) is 0 Å². The first kappa shape index (κ1) is 26.7. The van der Waals surface area contributed by atoms with Crippen molar-refractivity contribution in [1.82, 2.24) is 20.0 Å². The second kappa shape index (κ2) is 12.3. The number of nitrogens with zero attached hydrogens (tertiary/aromatic N) is 3. The molecule has 2 saturated heterocycles. The SMILES string of the molecule is CN(CC(CCN1CCC(N2CCCNC2=O)CC1)c1ccc(Cl)c(Cl)c1)C(=O)c1ccc(F)cc1. The Morgan fingerprint density at radius 3 is 2.50 bits per heavy atom. The van der Waals surface area contributed by atoms with E-state index in [1.54, 1.807) is 18.0 Å². The second-order valence-electron chi connectivity index (χ2n) is 9.70. The largest absolute Gasteiger partial charge is 0.341 e. The average Bonchev–Trinajstić information content (AvgIpc) is 2.89. The number of piperidine rings is 1. The van der Waals surface area contributed by atoms with Crippen molar-refractivity contribution < 1.29 is 14.0 Å². The van der Waals surface area contributed by atoms with Crippen molar-refractivity contribution >= 4 is 35.1 Å². The van der Waals surface area contributed by atoms with Crippen molar-refractivity contribution in [2.45, 2.75) is 37.6 Å². The van der Waals surface area contributed by atoms with E-state index < -0.39 is 0 Å². The van der Waals surface area contributed by atoms with Crippen LogP contribution in [0.1, 0.15) is 47.5 Å². The van der Waals surface area contributed by atoms with Crippen LogP contribution in [0, 0.1) is 5.82 Å². The maximum atomic E-state index is 13.3. The minimum Gasteiger partial charge on any atom is -0.341 e. The third kappa shape index (κ3) is 6.69. The van der Waals surface area contributed by atoms with Crippen LogP contribution in [0.4, 0.5) is 9.18 Å². The van der Waals surface area contributed by atoms with Crippen molar-refractivity contribution in [3.63, 3.8) is 0 Å². The smallest absolute Gasteiger partial charge is 0.317 e. The van der Waals surface area contributed by atoms with E-state index in [4.69, 9.17) is 23.2 Å². The van der Waals surface area contributed by atoms with E-state index in [0.717, 1.165) is 64.0 Å². The highest BCUT2D eigenvalue weighted by atomic mass is 35.5.